The van der Waals surface area contributed by atoms with E-state index in [2.05, 4.69) is 5.32 Å². The third-order valence-electron chi connectivity index (χ3n) is 2.46. The van der Waals surface area contributed by atoms with Gasteiger partial charge in [-0.1, -0.05) is 24.3 Å². The second kappa shape index (κ2) is 7.05. The molecule has 8 heteroatoms. The van der Waals surface area contributed by atoms with E-state index in [0.29, 0.717) is 12.1 Å². The van der Waals surface area contributed by atoms with E-state index in [9.17, 15) is 21.6 Å². The third-order valence-corrected chi connectivity index (χ3v) is 3.82. The van der Waals surface area contributed by atoms with Gasteiger partial charge in [-0.05, 0) is 18.2 Å². The maximum Gasteiger partial charge on any atom is 0.390 e. The Bertz CT molecular complexity index is 530. The molecule has 0 heterocycles. The highest BCUT2D eigenvalue weighted by Crippen LogP contribution is 2.18. The molecule has 1 rings (SSSR count). The fourth-order valence-corrected chi connectivity index (χ4v) is 2.79. The highest BCUT2D eigenvalue weighted by atomic mass is 32.2. The maximum absolute atomic E-state index is 12.0. The summed E-state index contributed by atoms with van der Waals surface area (Å²) in [5.41, 5.74) is 1.45. The maximum atomic E-state index is 12.0. The Balaban J connectivity index is 2.59. The summed E-state index contributed by atoms with van der Waals surface area (Å²) in [5.74, 6) is -0.331. The fourth-order valence-electron chi connectivity index (χ4n) is 1.65. The topological polar surface area (TPSA) is 58.2 Å². The van der Waals surface area contributed by atoms with Crippen LogP contribution < -0.4 is 10.0 Å². The van der Waals surface area contributed by atoms with E-state index in [0.717, 1.165) is 5.56 Å². The number of alkyl halides is 3. The second-order valence-corrected chi connectivity index (χ2v) is 6.18. The summed E-state index contributed by atoms with van der Waals surface area (Å²) in [5, 5.41) is 2.93. The van der Waals surface area contributed by atoms with Crippen LogP contribution in [0.25, 0.3) is 0 Å². The minimum absolute atomic E-state index is 0.331. The Kier molecular flexibility index (Phi) is 5.97. The SMILES string of the molecule is CNCc1cccc(CS(=O)(=O)NCCC(F)(F)F)c1. The molecular weight excluding hydrogens is 293 g/mol. The van der Waals surface area contributed by atoms with Gasteiger partial charge in [0.2, 0.25) is 10.0 Å². The molecule has 0 fully saturated rings. The van der Waals surface area contributed by atoms with E-state index in [1.165, 1.54) is 0 Å². The smallest absolute Gasteiger partial charge is 0.316 e. The number of benzene rings is 1. The average molecular weight is 310 g/mol. The van der Waals surface area contributed by atoms with Crippen LogP contribution in [0.15, 0.2) is 24.3 Å². The van der Waals surface area contributed by atoms with E-state index in [-0.39, 0.29) is 5.75 Å². The monoisotopic (exact) mass is 310 g/mol. The molecule has 1 aromatic carbocycles. The van der Waals surface area contributed by atoms with Crippen molar-refractivity contribution in [3.05, 3.63) is 35.4 Å². The van der Waals surface area contributed by atoms with Crippen molar-refractivity contribution in [3.63, 3.8) is 0 Å². The zero-order valence-electron chi connectivity index (χ0n) is 11.0. The van der Waals surface area contributed by atoms with Crippen molar-refractivity contribution >= 4 is 10.0 Å². The van der Waals surface area contributed by atoms with Gasteiger partial charge in [-0.15, -0.1) is 0 Å². The minimum Gasteiger partial charge on any atom is -0.316 e. The first-order valence-corrected chi connectivity index (χ1v) is 7.63. The molecule has 0 atom stereocenters. The van der Waals surface area contributed by atoms with Crippen LogP contribution in [0, 0.1) is 0 Å². The van der Waals surface area contributed by atoms with Crippen molar-refractivity contribution in [2.24, 2.45) is 0 Å². The first-order chi connectivity index (χ1) is 9.22. The zero-order valence-corrected chi connectivity index (χ0v) is 11.8. The normalized spacial score (nSPS) is 12.6. The van der Waals surface area contributed by atoms with Gasteiger partial charge < -0.3 is 5.32 Å². The predicted molar refractivity (Wildman–Crippen MR) is 70.5 cm³/mol. The third kappa shape index (κ3) is 6.88. The summed E-state index contributed by atoms with van der Waals surface area (Å²) in [7, 11) is -1.99. The van der Waals surface area contributed by atoms with Crippen LogP contribution in [-0.2, 0) is 22.3 Å². The predicted octanol–water partition coefficient (Wildman–Crippen LogP) is 1.78. The molecule has 114 valence electrons. The summed E-state index contributed by atoms with van der Waals surface area (Å²) >= 11 is 0. The van der Waals surface area contributed by atoms with Gasteiger partial charge >= 0.3 is 6.18 Å². The van der Waals surface area contributed by atoms with E-state index in [1.54, 1.807) is 25.2 Å². The number of hydrogen-bond donors (Lipinski definition) is 2. The number of nitrogens with one attached hydrogen (secondary N) is 2. The quantitative estimate of drug-likeness (QED) is 0.807. The number of sulfonamides is 1. The molecule has 0 aliphatic rings. The van der Waals surface area contributed by atoms with E-state index >= 15 is 0 Å². The van der Waals surface area contributed by atoms with Crippen LogP contribution >= 0.6 is 0 Å². The van der Waals surface area contributed by atoms with Crippen molar-refractivity contribution in [1.29, 1.82) is 0 Å². The van der Waals surface area contributed by atoms with Gasteiger partial charge in [-0.3, -0.25) is 0 Å². The lowest BCUT2D eigenvalue weighted by molar-refractivity contribution is -0.132. The van der Waals surface area contributed by atoms with Gasteiger partial charge in [0.25, 0.3) is 0 Å². The molecule has 0 saturated carbocycles. The molecule has 0 aliphatic carbocycles. The van der Waals surface area contributed by atoms with Crippen molar-refractivity contribution in [2.45, 2.75) is 24.9 Å². The molecule has 0 aliphatic heterocycles. The first-order valence-electron chi connectivity index (χ1n) is 5.98. The summed E-state index contributed by atoms with van der Waals surface area (Å²) in [4.78, 5) is 0. The van der Waals surface area contributed by atoms with Crippen molar-refractivity contribution in [2.75, 3.05) is 13.6 Å². The molecule has 4 nitrogen and oxygen atoms in total. The molecule has 0 amide bonds. The Morgan fingerprint density at radius 2 is 1.85 bits per heavy atom. The van der Waals surface area contributed by atoms with Gasteiger partial charge in [0.05, 0.1) is 12.2 Å². The number of rotatable bonds is 7. The Labute approximate surface area is 116 Å². The molecule has 1 aromatic rings. The molecule has 0 aromatic heterocycles. The highest BCUT2D eigenvalue weighted by Gasteiger charge is 2.27. The van der Waals surface area contributed by atoms with Crippen LogP contribution in [0.5, 0.6) is 0 Å². The van der Waals surface area contributed by atoms with Crippen molar-refractivity contribution < 1.29 is 21.6 Å². The van der Waals surface area contributed by atoms with E-state index in [1.807, 2.05) is 10.8 Å². The minimum atomic E-state index is -4.37. The van der Waals surface area contributed by atoms with Crippen LogP contribution in [0.4, 0.5) is 13.2 Å². The number of halogens is 3. The van der Waals surface area contributed by atoms with Gasteiger partial charge in [-0.25, -0.2) is 13.1 Å². The molecule has 0 unspecified atom stereocenters. The standard InChI is InChI=1S/C12H17F3N2O2S/c1-16-8-10-3-2-4-11(7-10)9-20(18,19)17-6-5-12(13,14)15/h2-4,7,16-17H,5-6,8-9H2,1H3. The summed E-state index contributed by atoms with van der Waals surface area (Å²) in [6.07, 6.45) is -5.54. The zero-order chi connectivity index (χ0) is 15.2. The largest absolute Gasteiger partial charge is 0.390 e. The van der Waals surface area contributed by atoms with Crippen molar-refractivity contribution in [3.8, 4) is 0 Å². The molecule has 0 bridgehead atoms. The summed E-state index contributed by atoms with van der Waals surface area (Å²) in [6.45, 7) is -0.0442. The Morgan fingerprint density at radius 1 is 1.20 bits per heavy atom. The first kappa shape index (κ1) is 16.9. The van der Waals surface area contributed by atoms with Crippen molar-refractivity contribution in [1.82, 2.24) is 10.0 Å². The van der Waals surface area contributed by atoms with E-state index in [4.69, 9.17) is 0 Å². The van der Waals surface area contributed by atoms with Gasteiger partial charge in [-0.2, -0.15) is 13.2 Å². The lowest BCUT2D eigenvalue weighted by Crippen LogP contribution is -2.29. The Morgan fingerprint density at radius 3 is 2.45 bits per heavy atom. The molecule has 0 radical (unpaired) electrons. The number of hydrogen-bond acceptors (Lipinski definition) is 3. The van der Waals surface area contributed by atoms with Crippen LogP contribution in [-0.4, -0.2) is 28.2 Å². The molecule has 20 heavy (non-hydrogen) atoms. The fraction of sp³-hybridized carbons (Fsp3) is 0.500. The lowest BCUT2D eigenvalue weighted by Gasteiger charge is -2.09. The van der Waals surface area contributed by atoms with Crippen LogP contribution in [0.3, 0.4) is 0 Å². The molecule has 0 spiro atoms. The van der Waals surface area contributed by atoms with Gasteiger partial charge in [0.1, 0.15) is 0 Å². The summed E-state index contributed by atoms with van der Waals surface area (Å²) in [6, 6.07) is 6.89. The van der Waals surface area contributed by atoms with E-state index < -0.39 is 29.2 Å². The van der Waals surface area contributed by atoms with Gasteiger partial charge in [0.15, 0.2) is 0 Å². The lowest BCUT2D eigenvalue weighted by atomic mass is 10.1. The molecular formula is C12H17F3N2O2S. The average Bonchev–Trinajstić information content (AvgIpc) is 2.26. The molecule has 0 saturated heterocycles. The molecule has 2 N–H and O–H groups in total. The summed E-state index contributed by atoms with van der Waals surface area (Å²) < 4.78 is 61.1. The van der Waals surface area contributed by atoms with Gasteiger partial charge in [0, 0.05) is 13.1 Å². The van der Waals surface area contributed by atoms with Crippen LogP contribution in [0.2, 0.25) is 0 Å². The van der Waals surface area contributed by atoms with Crippen LogP contribution in [0.1, 0.15) is 17.5 Å². The highest BCUT2D eigenvalue weighted by molar-refractivity contribution is 7.88. The Hall–Kier alpha value is -1.12. The second-order valence-electron chi connectivity index (χ2n) is 4.37.